The average molecular weight is 246 g/mol. The van der Waals surface area contributed by atoms with E-state index in [1.165, 1.54) is 6.07 Å². The molecule has 94 valence electrons. The Kier molecular flexibility index (Phi) is 3.59. The number of nitrogens with two attached hydrogens (primary N) is 1. The topological polar surface area (TPSA) is 104 Å². The number of H-pyrrole nitrogens is 1. The maximum absolute atomic E-state index is 11.7. The van der Waals surface area contributed by atoms with Gasteiger partial charge in [-0.2, -0.15) is 5.10 Å². The molecule has 1 amide bonds. The van der Waals surface area contributed by atoms with Gasteiger partial charge in [-0.25, -0.2) is 0 Å². The van der Waals surface area contributed by atoms with Crippen molar-refractivity contribution in [2.45, 2.75) is 13.2 Å². The van der Waals surface area contributed by atoms with E-state index >= 15 is 0 Å². The molecule has 1 aromatic heterocycles. The predicted molar refractivity (Wildman–Crippen MR) is 66.5 cm³/mol. The molecule has 1 aromatic carbocycles. The van der Waals surface area contributed by atoms with Crippen molar-refractivity contribution in [3.63, 3.8) is 0 Å². The molecule has 0 saturated heterocycles. The molecule has 0 aliphatic rings. The zero-order chi connectivity index (χ0) is 13.0. The van der Waals surface area contributed by atoms with Crippen LogP contribution in [0.3, 0.4) is 0 Å². The van der Waals surface area contributed by atoms with E-state index in [0.29, 0.717) is 12.2 Å². The average Bonchev–Trinajstić information content (AvgIpc) is 2.83. The van der Waals surface area contributed by atoms with Crippen LogP contribution in [0.25, 0.3) is 0 Å². The number of nitrogens with zero attached hydrogens (tertiary/aromatic N) is 1. The van der Waals surface area contributed by atoms with E-state index < -0.39 is 0 Å². The summed E-state index contributed by atoms with van der Waals surface area (Å²) in [6.07, 6.45) is 0. The second-order valence-electron chi connectivity index (χ2n) is 3.87. The molecule has 0 bridgehead atoms. The van der Waals surface area contributed by atoms with Gasteiger partial charge in [0.05, 0.1) is 6.61 Å². The zero-order valence-corrected chi connectivity index (χ0v) is 9.68. The summed E-state index contributed by atoms with van der Waals surface area (Å²) in [6.45, 7) is 0.366. The number of benzene rings is 1. The van der Waals surface area contributed by atoms with Crippen molar-refractivity contribution in [3.8, 4) is 0 Å². The number of hydrogen-bond donors (Lipinski definition) is 4. The van der Waals surface area contributed by atoms with Crippen LogP contribution < -0.4 is 11.1 Å². The van der Waals surface area contributed by atoms with Crippen molar-refractivity contribution in [1.29, 1.82) is 0 Å². The smallest absolute Gasteiger partial charge is 0.269 e. The largest absolute Gasteiger partial charge is 0.392 e. The second-order valence-corrected chi connectivity index (χ2v) is 3.87. The maximum Gasteiger partial charge on any atom is 0.269 e. The minimum Gasteiger partial charge on any atom is -0.392 e. The molecule has 6 heteroatoms. The van der Waals surface area contributed by atoms with E-state index in [9.17, 15) is 4.79 Å². The van der Waals surface area contributed by atoms with Gasteiger partial charge in [0.2, 0.25) is 0 Å². The van der Waals surface area contributed by atoms with Gasteiger partial charge < -0.3 is 16.2 Å². The summed E-state index contributed by atoms with van der Waals surface area (Å²) in [5.74, 6) is 0.0102. The van der Waals surface area contributed by atoms with Crippen LogP contribution in [0.5, 0.6) is 0 Å². The minimum atomic E-state index is -0.270. The van der Waals surface area contributed by atoms with Gasteiger partial charge in [-0.1, -0.05) is 24.3 Å². The fourth-order valence-electron chi connectivity index (χ4n) is 1.57. The highest BCUT2D eigenvalue weighted by molar-refractivity contribution is 5.92. The number of amides is 1. The molecule has 0 saturated carbocycles. The van der Waals surface area contributed by atoms with E-state index in [0.717, 1.165) is 11.1 Å². The molecule has 0 aliphatic carbocycles. The Morgan fingerprint density at radius 1 is 1.39 bits per heavy atom. The Labute approximate surface area is 104 Å². The quantitative estimate of drug-likeness (QED) is 0.627. The Bertz CT molecular complexity index is 551. The highest BCUT2D eigenvalue weighted by Gasteiger charge is 2.08. The Morgan fingerprint density at radius 3 is 2.83 bits per heavy atom. The van der Waals surface area contributed by atoms with Crippen molar-refractivity contribution in [1.82, 2.24) is 15.5 Å². The summed E-state index contributed by atoms with van der Waals surface area (Å²) in [5.41, 5.74) is 7.47. The third-order valence-electron chi connectivity index (χ3n) is 2.47. The fraction of sp³-hybridized carbons (Fsp3) is 0.167. The van der Waals surface area contributed by atoms with E-state index in [2.05, 4.69) is 15.5 Å². The molecule has 0 atom stereocenters. The number of aromatic amines is 1. The summed E-state index contributed by atoms with van der Waals surface area (Å²) >= 11 is 0. The summed E-state index contributed by atoms with van der Waals surface area (Å²) in [4.78, 5) is 11.7. The highest BCUT2D eigenvalue weighted by Crippen LogP contribution is 2.06. The lowest BCUT2D eigenvalue weighted by Gasteiger charge is -2.05. The first-order valence-electron chi connectivity index (χ1n) is 5.47. The molecule has 1 heterocycles. The third-order valence-corrected chi connectivity index (χ3v) is 2.47. The van der Waals surface area contributed by atoms with Crippen molar-refractivity contribution in [2.75, 3.05) is 5.73 Å². The molecule has 0 radical (unpaired) electrons. The Morgan fingerprint density at radius 2 is 2.17 bits per heavy atom. The van der Waals surface area contributed by atoms with E-state index in [1.54, 1.807) is 0 Å². The van der Waals surface area contributed by atoms with E-state index in [4.69, 9.17) is 10.8 Å². The van der Waals surface area contributed by atoms with Crippen LogP contribution in [-0.2, 0) is 13.2 Å². The standard InChI is InChI=1S/C12H14N4O2/c13-11-5-10(15-16-11)12(18)14-6-8-2-1-3-9(4-8)7-17/h1-5,17H,6-7H2,(H,14,18)(H3,13,15,16). The third kappa shape index (κ3) is 2.86. The number of hydrogen-bond acceptors (Lipinski definition) is 4. The molecular weight excluding hydrogens is 232 g/mol. The minimum absolute atomic E-state index is 0.0150. The number of nitrogen functional groups attached to an aromatic ring is 1. The van der Waals surface area contributed by atoms with Crippen molar-refractivity contribution in [2.24, 2.45) is 0 Å². The molecule has 18 heavy (non-hydrogen) atoms. The number of aliphatic hydroxyl groups excluding tert-OH is 1. The predicted octanol–water partition coefficient (Wildman–Crippen LogP) is 0.414. The van der Waals surface area contributed by atoms with Gasteiger partial charge in [-0.15, -0.1) is 0 Å². The van der Waals surface area contributed by atoms with Gasteiger partial charge in [0.1, 0.15) is 11.5 Å². The molecule has 6 nitrogen and oxygen atoms in total. The first kappa shape index (κ1) is 12.1. The van der Waals surface area contributed by atoms with Crippen LogP contribution in [0.4, 0.5) is 5.82 Å². The highest BCUT2D eigenvalue weighted by atomic mass is 16.3. The lowest BCUT2D eigenvalue weighted by atomic mass is 10.1. The number of aliphatic hydroxyl groups is 1. The number of carbonyl (C=O) groups excluding carboxylic acids is 1. The summed E-state index contributed by atoms with van der Waals surface area (Å²) in [5, 5.41) is 18.0. The molecule has 2 aromatic rings. The monoisotopic (exact) mass is 246 g/mol. The van der Waals surface area contributed by atoms with Crippen LogP contribution in [0, 0.1) is 0 Å². The van der Waals surface area contributed by atoms with Crippen LogP contribution >= 0.6 is 0 Å². The number of nitrogens with one attached hydrogen (secondary N) is 2. The lowest BCUT2D eigenvalue weighted by molar-refractivity contribution is 0.0946. The van der Waals surface area contributed by atoms with Gasteiger partial charge in [0.25, 0.3) is 5.91 Å². The van der Waals surface area contributed by atoms with Gasteiger partial charge in [-0.3, -0.25) is 9.89 Å². The van der Waals surface area contributed by atoms with Gasteiger partial charge >= 0.3 is 0 Å². The first-order chi connectivity index (χ1) is 8.69. The summed E-state index contributed by atoms with van der Waals surface area (Å²) in [7, 11) is 0. The fourth-order valence-corrected chi connectivity index (χ4v) is 1.57. The molecule has 0 fully saturated rings. The van der Waals surface area contributed by atoms with Crippen molar-refractivity contribution >= 4 is 11.7 Å². The summed E-state index contributed by atoms with van der Waals surface area (Å²) < 4.78 is 0. The number of aromatic nitrogens is 2. The number of carbonyl (C=O) groups is 1. The van der Waals surface area contributed by atoms with Crippen molar-refractivity contribution < 1.29 is 9.90 Å². The Balaban J connectivity index is 1.97. The number of rotatable bonds is 4. The Hall–Kier alpha value is -2.34. The van der Waals surface area contributed by atoms with Gasteiger partial charge in [0, 0.05) is 12.6 Å². The molecule has 0 spiro atoms. The van der Waals surface area contributed by atoms with Crippen LogP contribution in [-0.4, -0.2) is 21.2 Å². The molecule has 0 aliphatic heterocycles. The van der Waals surface area contributed by atoms with Gasteiger partial charge in [-0.05, 0) is 11.1 Å². The van der Waals surface area contributed by atoms with Gasteiger partial charge in [0.15, 0.2) is 0 Å². The SMILES string of the molecule is Nc1cc(C(=O)NCc2cccc(CO)c2)[nH]n1. The maximum atomic E-state index is 11.7. The van der Waals surface area contributed by atoms with E-state index in [1.807, 2.05) is 24.3 Å². The van der Waals surface area contributed by atoms with Crippen LogP contribution in [0.15, 0.2) is 30.3 Å². The molecule has 2 rings (SSSR count). The number of anilines is 1. The normalized spacial score (nSPS) is 10.3. The molecular formula is C12H14N4O2. The first-order valence-corrected chi connectivity index (χ1v) is 5.47. The summed E-state index contributed by atoms with van der Waals surface area (Å²) in [6, 6.07) is 8.84. The lowest BCUT2D eigenvalue weighted by Crippen LogP contribution is -2.23. The van der Waals surface area contributed by atoms with Crippen molar-refractivity contribution in [3.05, 3.63) is 47.2 Å². The molecule has 5 N–H and O–H groups in total. The second kappa shape index (κ2) is 5.33. The zero-order valence-electron chi connectivity index (χ0n) is 9.68. The van der Waals surface area contributed by atoms with E-state index in [-0.39, 0.29) is 18.3 Å². The molecule has 0 unspecified atom stereocenters. The van der Waals surface area contributed by atoms with Crippen LogP contribution in [0.1, 0.15) is 21.6 Å². The van der Waals surface area contributed by atoms with Crippen LogP contribution in [0.2, 0.25) is 0 Å².